The molecule has 1 N–H and O–H groups in total. The first-order valence-corrected chi connectivity index (χ1v) is 8.68. The van der Waals surface area contributed by atoms with Gasteiger partial charge in [-0.3, -0.25) is 9.59 Å². The van der Waals surface area contributed by atoms with Gasteiger partial charge in [-0.05, 0) is 50.2 Å². The highest BCUT2D eigenvalue weighted by Crippen LogP contribution is 2.25. The smallest absolute Gasteiger partial charge is 0.337 e. The van der Waals surface area contributed by atoms with Crippen molar-refractivity contribution in [1.29, 1.82) is 0 Å². The van der Waals surface area contributed by atoms with E-state index in [1.165, 1.54) is 19.2 Å². The minimum atomic E-state index is -0.535. The Morgan fingerprint density at radius 2 is 1.70 bits per heavy atom. The predicted octanol–water partition coefficient (Wildman–Crippen LogP) is 3.86. The molecule has 6 nitrogen and oxygen atoms in total. The first-order valence-electron chi connectivity index (χ1n) is 8.31. The number of nitrogens with zero attached hydrogens (tertiary/aromatic N) is 1. The second kappa shape index (κ2) is 8.68. The highest BCUT2D eigenvalue weighted by molar-refractivity contribution is 6.34. The molecule has 2 rings (SSSR count). The number of anilines is 1. The SMILES string of the molecule is COC(=O)c1cccc(C(=O)Nc2cc(C(=O)N(C)C(C)C)ccc2Cl)c1. The molecule has 0 saturated carbocycles. The molecule has 0 aliphatic rings. The molecular weight excluding hydrogens is 368 g/mol. The van der Waals surface area contributed by atoms with Crippen molar-refractivity contribution in [2.24, 2.45) is 0 Å². The minimum Gasteiger partial charge on any atom is -0.465 e. The first-order chi connectivity index (χ1) is 12.7. The van der Waals surface area contributed by atoms with Crippen molar-refractivity contribution in [1.82, 2.24) is 4.90 Å². The monoisotopic (exact) mass is 388 g/mol. The molecule has 0 aromatic heterocycles. The van der Waals surface area contributed by atoms with Gasteiger partial charge in [-0.15, -0.1) is 0 Å². The minimum absolute atomic E-state index is 0.0345. The molecule has 0 unspecified atom stereocenters. The number of amides is 2. The number of carbonyl (C=O) groups is 3. The number of hydrogen-bond acceptors (Lipinski definition) is 4. The Kier molecular flexibility index (Phi) is 6.58. The zero-order chi connectivity index (χ0) is 20.1. The molecule has 0 heterocycles. The molecule has 0 aliphatic heterocycles. The van der Waals surface area contributed by atoms with Crippen molar-refractivity contribution < 1.29 is 19.1 Å². The number of ether oxygens (including phenoxy) is 1. The number of benzene rings is 2. The summed E-state index contributed by atoms with van der Waals surface area (Å²) in [5, 5.41) is 2.98. The van der Waals surface area contributed by atoms with E-state index >= 15 is 0 Å². The largest absolute Gasteiger partial charge is 0.465 e. The molecule has 0 spiro atoms. The van der Waals surface area contributed by atoms with E-state index in [0.29, 0.717) is 16.3 Å². The Morgan fingerprint density at radius 3 is 2.33 bits per heavy atom. The zero-order valence-electron chi connectivity index (χ0n) is 15.6. The van der Waals surface area contributed by atoms with Crippen molar-refractivity contribution in [3.8, 4) is 0 Å². The third-order valence-corrected chi connectivity index (χ3v) is 4.43. The molecule has 0 saturated heterocycles. The number of nitrogens with one attached hydrogen (secondary N) is 1. The fraction of sp³-hybridized carbons (Fsp3) is 0.250. The van der Waals surface area contributed by atoms with E-state index in [-0.39, 0.29) is 23.1 Å². The molecule has 7 heteroatoms. The van der Waals surface area contributed by atoms with Crippen LogP contribution in [0.5, 0.6) is 0 Å². The van der Waals surface area contributed by atoms with Crippen molar-refractivity contribution in [2.45, 2.75) is 19.9 Å². The number of halogens is 1. The summed E-state index contributed by atoms with van der Waals surface area (Å²) in [4.78, 5) is 38.2. The van der Waals surface area contributed by atoms with Crippen LogP contribution in [0.15, 0.2) is 42.5 Å². The van der Waals surface area contributed by atoms with Gasteiger partial charge in [0, 0.05) is 24.2 Å². The molecular formula is C20H21ClN2O4. The molecule has 2 amide bonds. The molecule has 142 valence electrons. The maximum Gasteiger partial charge on any atom is 0.337 e. The van der Waals surface area contributed by atoms with Crippen LogP contribution in [0.2, 0.25) is 5.02 Å². The molecule has 0 fully saturated rings. The Morgan fingerprint density at radius 1 is 1.04 bits per heavy atom. The van der Waals surface area contributed by atoms with Crippen LogP contribution in [0.25, 0.3) is 0 Å². The zero-order valence-corrected chi connectivity index (χ0v) is 16.3. The van der Waals surface area contributed by atoms with Gasteiger partial charge in [0.2, 0.25) is 0 Å². The van der Waals surface area contributed by atoms with E-state index in [2.05, 4.69) is 10.1 Å². The number of rotatable bonds is 5. The van der Waals surface area contributed by atoms with E-state index in [4.69, 9.17) is 11.6 Å². The number of methoxy groups -OCH3 is 1. The Hall–Kier alpha value is -2.86. The van der Waals surface area contributed by atoms with Crippen LogP contribution in [0, 0.1) is 0 Å². The maximum absolute atomic E-state index is 12.5. The average molecular weight is 389 g/mol. The van der Waals surface area contributed by atoms with Gasteiger partial charge in [0.05, 0.1) is 23.4 Å². The summed E-state index contributed by atoms with van der Waals surface area (Å²) in [5.74, 6) is -1.17. The third kappa shape index (κ3) is 4.86. The average Bonchev–Trinajstić information content (AvgIpc) is 2.67. The number of carbonyl (C=O) groups excluding carboxylic acids is 3. The highest BCUT2D eigenvalue weighted by Gasteiger charge is 2.17. The fourth-order valence-corrected chi connectivity index (χ4v) is 2.46. The van der Waals surface area contributed by atoms with Crippen LogP contribution in [-0.4, -0.2) is 42.9 Å². The van der Waals surface area contributed by atoms with Crippen molar-refractivity contribution in [3.63, 3.8) is 0 Å². The number of hydrogen-bond donors (Lipinski definition) is 1. The van der Waals surface area contributed by atoms with Crippen molar-refractivity contribution in [2.75, 3.05) is 19.5 Å². The van der Waals surface area contributed by atoms with E-state index in [9.17, 15) is 14.4 Å². The highest BCUT2D eigenvalue weighted by atomic mass is 35.5. The van der Waals surface area contributed by atoms with Gasteiger partial charge in [-0.25, -0.2) is 4.79 Å². The maximum atomic E-state index is 12.5. The second-order valence-corrected chi connectivity index (χ2v) is 6.64. The Bertz CT molecular complexity index is 880. The third-order valence-electron chi connectivity index (χ3n) is 4.10. The van der Waals surface area contributed by atoms with E-state index in [1.807, 2.05) is 13.8 Å². The summed E-state index contributed by atoms with van der Waals surface area (Å²) in [6, 6.07) is 10.9. The normalized spacial score (nSPS) is 10.4. The number of esters is 1. The Labute approximate surface area is 163 Å². The quantitative estimate of drug-likeness (QED) is 0.789. The predicted molar refractivity (Wildman–Crippen MR) is 104 cm³/mol. The van der Waals surface area contributed by atoms with E-state index in [0.717, 1.165) is 0 Å². The van der Waals surface area contributed by atoms with Crippen LogP contribution in [0.3, 0.4) is 0 Å². The summed E-state index contributed by atoms with van der Waals surface area (Å²) in [6.45, 7) is 3.82. The van der Waals surface area contributed by atoms with Crippen LogP contribution < -0.4 is 5.32 Å². The lowest BCUT2D eigenvalue weighted by atomic mass is 10.1. The molecule has 2 aromatic rings. The van der Waals surface area contributed by atoms with Gasteiger partial charge < -0.3 is 15.0 Å². The lowest BCUT2D eigenvalue weighted by molar-refractivity contribution is 0.0600. The van der Waals surface area contributed by atoms with Gasteiger partial charge >= 0.3 is 5.97 Å². The van der Waals surface area contributed by atoms with Crippen LogP contribution in [0.4, 0.5) is 5.69 Å². The fourth-order valence-electron chi connectivity index (χ4n) is 2.29. The molecule has 27 heavy (non-hydrogen) atoms. The van der Waals surface area contributed by atoms with Gasteiger partial charge in [0.25, 0.3) is 11.8 Å². The van der Waals surface area contributed by atoms with Crippen molar-refractivity contribution in [3.05, 3.63) is 64.2 Å². The van der Waals surface area contributed by atoms with Crippen LogP contribution >= 0.6 is 11.6 Å². The second-order valence-electron chi connectivity index (χ2n) is 6.23. The lowest BCUT2D eigenvalue weighted by Crippen LogP contribution is -2.33. The molecule has 2 aromatic carbocycles. The van der Waals surface area contributed by atoms with Gasteiger partial charge in [0.15, 0.2) is 0 Å². The molecule has 0 aliphatic carbocycles. The lowest BCUT2D eigenvalue weighted by Gasteiger charge is -2.22. The summed E-state index contributed by atoms with van der Waals surface area (Å²) in [6.07, 6.45) is 0. The van der Waals surface area contributed by atoms with Gasteiger partial charge in [-0.2, -0.15) is 0 Å². The summed E-state index contributed by atoms with van der Waals surface area (Å²) >= 11 is 6.16. The standard InChI is InChI=1S/C20H21ClN2O4/c1-12(2)23(3)19(25)14-8-9-16(21)17(11-14)22-18(24)13-6-5-7-15(10-13)20(26)27-4/h5-12H,1-4H3,(H,22,24). The summed E-state index contributed by atoms with van der Waals surface area (Å²) < 4.78 is 4.66. The Balaban J connectivity index is 2.27. The molecule has 0 radical (unpaired) electrons. The summed E-state index contributed by atoms with van der Waals surface area (Å²) in [7, 11) is 2.98. The van der Waals surface area contributed by atoms with E-state index < -0.39 is 11.9 Å². The van der Waals surface area contributed by atoms with Crippen LogP contribution in [0.1, 0.15) is 44.9 Å². The molecule has 0 atom stereocenters. The summed E-state index contributed by atoms with van der Waals surface area (Å²) in [5.41, 5.74) is 1.26. The first kappa shape index (κ1) is 20.5. The topological polar surface area (TPSA) is 75.7 Å². The van der Waals surface area contributed by atoms with Crippen LogP contribution in [-0.2, 0) is 4.74 Å². The van der Waals surface area contributed by atoms with Gasteiger partial charge in [0.1, 0.15) is 0 Å². The van der Waals surface area contributed by atoms with E-state index in [1.54, 1.807) is 42.3 Å². The molecule has 0 bridgehead atoms. The van der Waals surface area contributed by atoms with Gasteiger partial charge in [-0.1, -0.05) is 17.7 Å². The van der Waals surface area contributed by atoms with Crippen molar-refractivity contribution >= 4 is 35.1 Å².